The molecule has 0 aliphatic carbocycles. The number of aromatic nitrogens is 4. The summed E-state index contributed by atoms with van der Waals surface area (Å²) in [7, 11) is 2.25. The summed E-state index contributed by atoms with van der Waals surface area (Å²) in [4.78, 5) is 81.7. The smallest absolute Gasteiger partial charge is 0.407 e. The summed E-state index contributed by atoms with van der Waals surface area (Å²) in [5, 5.41) is 28.1. The van der Waals surface area contributed by atoms with Gasteiger partial charge in [-0.25, -0.2) is 42.1 Å². The van der Waals surface area contributed by atoms with E-state index >= 15 is 8.78 Å². The standard InChI is InChI=1S/C58H76F4N12O9/c1-33(2)48(66-55(79)81-9)51(76)67-49(57(3,4)5)52(77)65-45(21-35-14-11-34(12-15-35)13-16-36-24-63-54(64-25-36)71-26-38-17-18-39(27-71)74(38)40-31-83-32-40)46(75)29-73(70-53(78)50(58(6,7)8)68-56(80)82-10)28-41-42(59)22-37(23-43(41)60)44-19-20-72(69-44)30-47(61)62/h11-12,14-15,19-20,22-25,33,38-40,45-50,75H,17-18,21,26-32H2,1-10H3,(H,65,77)(H,66,79)(H,67,76)(H,68,80)(H,70,78)/t38?,39?,45-,46-,48-,49+,50+/m0/s1. The van der Waals surface area contributed by atoms with Crippen LogP contribution in [0.25, 0.3) is 11.3 Å². The minimum absolute atomic E-state index is 0.00616. The number of hydrogen-bond donors (Lipinski definition) is 6. The fourth-order valence-corrected chi connectivity index (χ4v) is 10.4. The van der Waals surface area contributed by atoms with Crippen LogP contribution in [0.3, 0.4) is 0 Å². The number of halogens is 4. The van der Waals surface area contributed by atoms with Crippen LogP contribution in [0.1, 0.15) is 90.5 Å². The van der Waals surface area contributed by atoms with Crippen LogP contribution < -0.4 is 31.6 Å². The number of ether oxygens (including phenoxy) is 3. The normalized spacial score (nSPS) is 18.3. The summed E-state index contributed by atoms with van der Waals surface area (Å²) in [5.74, 6) is 1.91. The molecular weight excluding hydrogens is 1080 g/mol. The van der Waals surface area contributed by atoms with E-state index in [4.69, 9.17) is 14.2 Å². The number of carbonyl (C=O) groups is 5. The van der Waals surface area contributed by atoms with Crippen LogP contribution in [-0.2, 0) is 48.1 Å². The molecule has 4 aromatic rings. The first-order valence-corrected chi connectivity index (χ1v) is 27.6. The Kier molecular flexibility index (Phi) is 20.8. The van der Waals surface area contributed by atoms with Crippen molar-refractivity contribution < 1.29 is 60.9 Å². The largest absolute Gasteiger partial charge is 0.453 e. The number of piperazine rings is 1. The van der Waals surface area contributed by atoms with E-state index in [1.807, 2.05) is 0 Å². The molecule has 83 heavy (non-hydrogen) atoms. The minimum atomic E-state index is -2.74. The molecule has 3 saturated heterocycles. The van der Waals surface area contributed by atoms with Crippen molar-refractivity contribution in [3.63, 3.8) is 0 Å². The van der Waals surface area contributed by atoms with Crippen LogP contribution in [-0.4, -0.2) is 167 Å². The van der Waals surface area contributed by atoms with Crippen LogP contribution in [0.4, 0.5) is 33.1 Å². The number of benzene rings is 2. The molecule has 3 fully saturated rings. The van der Waals surface area contributed by atoms with Gasteiger partial charge in [0.15, 0.2) is 0 Å². The molecule has 25 heteroatoms. The number of carbonyl (C=O) groups excluding carboxylic acids is 5. The van der Waals surface area contributed by atoms with Crippen LogP contribution >= 0.6 is 0 Å². The molecule has 3 aliphatic heterocycles. The number of fused-ring (bicyclic) bond motifs is 2. The number of nitrogens with one attached hydrogen (secondary N) is 5. The maximum Gasteiger partial charge on any atom is 0.407 e. The topological polar surface area (TPSA) is 247 Å². The predicted octanol–water partition coefficient (Wildman–Crippen LogP) is 4.94. The number of alkyl halides is 2. The number of amides is 5. The lowest BCUT2D eigenvalue weighted by Crippen LogP contribution is -2.62. The molecule has 0 spiro atoms. The van der Waals surface area contributed by atoms with Crippen molar-refractivity contribution in [2.24, 2.45) is 16.7 Å². The molecule has 2 unspecified atom stereocenters. The van der Waals surface area contributed by atoms with Gasteiger partial charge in [-0.05, 0) is 71.9 Å². The Morgan fingerprint density at radius 3 is 1.90 bits per heavy atom. The zero-order valence-corrected chi connectivity index (χ0v) is 48.5. The molecule has 21 nitrogen and oxygen atoms in total. The molecule has 0 radical (unpaired) electrons. The van der Waals surface area contributed by atoms with E-state index in [9.17, 15) is 37.9 Å². The van der Waals surface area contributed by atoms with Gasteiger partial charge < -0.3 is 45.5 Å². The van der Waals surface area contributed by atoms with E-state index in [0.717, 1.165) is 75.2 Å². The molecule has 7 atom stereocenters. The summed E-state index contributed by atoms with van der Waals surface area (Å²) >= 11 is 0. The Morgan fingerprint density at radius 1 is 0.783 bits per heavy atom. The van der Waals surface area contributed by atoms with Crippen LogP contribution in [0, 0.1) is 40.2 Å². The van der Waals surface area contributed by atoms with Crippen LogP contribution in [0.15, 0.2) is 61.1 Å². The molecule has 6 N–H and O–H groups in total. The van der Waals surface area contributed by atoms with Gasteiger partial charge in [0.2, 0.25) is 17.8 Å². The summed E-state index contributed by atoms with van der Waals surface area (Å²) in [5.41, 5.74) is 1.79. The second kappa shape index (κ2) is 27.3. The molecule has 5 amide bonds. The van der Waals surface area contributed by atoms with Crippen molar-refractivity contribution in [2.75, 3.05) is 52.0 Å². The Bertz CT molecular complexity index is 2940. The third-order valence-electron chi connectivity index (χ3n) is 14.9. The number of aliphatic hydroxyl groups excluding tert-OH is 1. The van der Waals surface area contributed by atoms with Crippen molar-refractivity contribution >= 4 is 35.9 Å². The fourth-order valence-electron chi connectivity index (χ4n) is 10.4. The van der Waals surface area contributed by atoms with Gasteiger partial charge in [-0.3, -0.25) is 29.4 Å². The average molecular weight is 1160 g/mol. The van der Waals surface area contributed by atoms with Gasteiger partial charge in [0.1, 0.15) is 36.3 Å². The maximum atomic E-state index is 16.3. The van der Waals surface area contributed by atoms with Crippen molar-refractivity contribution in [2.45, 2.75) is 143 Å². The lowest BCUT2D eigenvalue weighted by Gasteiger charge is -2.47. The van der Waals surface area contributed by atoms with Crippen molar-refractivity contribution in [1.29, 1.82) is 0 Å². The third-order valence-corrected chi connectivity index (χ3v) is 14.9. The van der Waals surface area contributed by atoms with Gasteiger partial charge >= 0.3 is 12.2 Å². The first kappa shape index (κ1) is 63.2. The fraction of sp³-hybridized carbons (Fsp3) is 0.552. The molecule has 5 heterocycles. The summed E-state index contributed by atoms with van der Waals surface area (Å²) < 4.78 is 74.7. The lowest BCUT2D eigenvalue weighted by atomic mass is 9.85. The molecule has 2 aromatic carbocycles. The van der Waals surface area contributed by atoms with E-state index in [0.29, 0.717) is 40.8 Å². The van der Waals surface area contributed by atoms with E-state index in [2.05, 4.69) is 63.4 Å². The second-order valence-corrected chi connectivity index (χ2v) is 23.7. The van der Waals surface area contributed by atoms with E-state index < -0.39 is 120 Å². The highest BCUT2D eigenvalue weighted by Crippen LogP contribution is 2.35. The Morgan fingerprint density at radius 2 is 1.36 bits per heavy atom. The van der Waals surface area contributed by atoms with Gasteiger partial charge in [0.25, 0.3) is 12.3 Å². The molecular formula is C58H76F4N12O9. The highest BCUT2D eigenvalue weighted by molar-refractivity contribution is 5.92. The van der Waals surface area contributed by atoms with E-state index in [1.165, 1.54) is 12.3 Å². The third kappa shape index (κ3) is 16.7. The number of hydrogen-bond acceptors (Lipinski definition) is 15. The quantitative estimate of drug-likeness (QED) is 0.0368. The molecule has 2 aromatic heterocycles. The Balaban J connectivity index is 1.16. The predicted molar refractivity (Wildman–Crippen MR) is 298 cm³/mol. The summed E-state index contributed by atoms with van der Waals surface area (Å²) in [6.45, 7) is 14.6. The van der Waals surface area contributed by atoms with Crippen LogP contribution in [0.5, 0.6) is 0 Å². The van der Waals surface area contributed by atoms with Crippen LogP contribution in [0.2, 0.25) is 0 Å². The summed E-state index contributed by atoms with van der Waals surface area (Å²) in [6.07, 6.45) is 0.575. The molecule has 0 saturated carbocycles. The van der Waals surface area contributed by atoms with Gasteiger partial charge in [-0.1, -0.05) is 79.4 Å². The molecule has 3 aliphatic rings. The molecule has 450 valence electrons. The zero-order valence-electron chi connectivity index (χ0n) is 48.5. The van der Waals surface area contributed by atoms with Crippen molar-refractivity contribution in [1.82, 2.24) is 56.4 Å². The highest BCUT2D eigenvalue weighted by Gasteiger charge is 2.46. The Hall–Kier alpha value is -7.40. The minimum Gasteiger partial charge on any atom is -0.453 e. The average Bonchev–Trinajstić information content (AvgIpc) is 3.23. The highest BCUT2D eigenvalue weighted by atomic mass is 19.3. The number of rotatable bonds is 21. The molecule has 7 rings (SSSR count). The van der Waals surface area contributed by atoms with Gasteiger partial charge in [0, 0.05) is 73.5 Å². The molecule has 2 bridgehead atoms. The second-order valence-electron chi connectivity index (χ2n) is 23.7. The summed E-state index contributed by atoms with van der Waals surface area (Å²) in [6, 6.07) is 6.56. The first-order chi connectivity index (χ1) is 39.2. The number of anilines is 1. The first-order valence-electron chi connectivity index (χ1n) is 27.6. The number of hydrazine groups is 1. The SMILES string of the molecule is COC(=O)N[C@H](C(=O)N[C@H](C(=O)N[C@@H](Cc1ccc(C#Cc2cnc(N3CC4CCC(C3)N4C3COC3)nc2)cc1)[C@@H](O)CN(Cc1c(F)cc(-c2ccn(CC(F)F)n2)cc1F)NC(=O)[C@@H](NC(=O)OC)C(C)(C)C)C(C)(C)C)C(C)C. The van der Waals surface area contributed by atoms with E-state index in [1.54, 1.807) is 92.0 Å². The number of alkyl carbamates (subject to hydrolysis) is 2. The monoisotopic (exact) mass is 1160 g/mol. The lowest BCUT2D eigenvalue weighted by molar-refractivity contribution is -0.134. The number of nitrogens with zero attached hydrogens (tertiary/aromatic N) is 7. The number of methoxy groups -OCH3 is 2. The van der Waals surface area contributed by atoms with Gasteiger partial charge in [-0.2, -0.15) is 5.10 Å². The van der Waals surface area contributed by atoms with Gasteiger partial charge in [-0.15, -0.1) is 0 Å². The Labute approximate surface area is 480 Å². The maximum absolute atomic E-state index is 16.3. The number of aliphatic hydroxyl groups is 1. The zero-order chi connectivity index (χ0) is 60.5. The van der Waals surface area contributed by atoms with Crippen molar-refractivity contribution in [3.05, 3.63) is 94.9 Å². The van der Waals surface area contributed by atoms with Crippen molar-refractivity contribution in [3.8, 4) is 23.1 Å². The van der Waals surface area contributed by atoms with E-state index in [-0.39, 0.29) is 17.7 Å². The van der Waals surface area contributed by atoms with Gasteiger partial charge in [0.05, 0.1) is 56.9 Å².